The topological polar surface area (TPSA) is 80.1 Å². The van der Waals surface area contributed by atoms with Gasteiger partial charge >= 0.3 is 0 Å². The summed E-state index contributed by atoms with van der Waals surface area (Å²) in [5.41, 5.74) is 0.972. The van der Waals surface area contributed by atoms with E-state index < -0.39 is 0 Å². The smallest absolute Gasteiger partial charge is 0.263 e. The van der Waals surface area contributed by atoms with Crippen LogP contribution in [-0.2, 0) is 11.3 Å². The molecule has 7 nitrogen and oxygen atoms in total. The number of carbonyl (C=O) groups excluding carboxylic acids is 2. The molecule has 0 radical (unpaired) electrons. The molecule has 0 aliphatic carbocycles. The zero-order chi connectivity index (χ0) is 22.9. The van der Waals surface area contributed by atoms with Gasteiger partial charge in [-0.3, -0.25) is 14.5 Å². The molecule has 3 aromatic rings. The molecule has 2 aromatic heterocycles. The molecule has 1 atom stereocenters. The Morgan fingerprint density at radius 2 is 1.97 bits per heavy atom. The summed E-state index contributed by atoms with van der Waals surface area (Å²) in [6, 6.07) is 9.76. The second-order valence-electron chi connectivity index (χ2n) is 8.22. The number of amides is 2. The van der Waals surface area contributed by atoms with Crippen molar-refractivity contribution in [2.45, 2.75) is 46.1 Å². The first-order valence-electron chi connectivity index (χ1n) is 11.0. The molecule has 2 heterocycles. The van der Waals surface area contributed by atoms with Crippen LogP contribution in [0.3, 0.4) is 0 Å². The van der Waals surface area contributed by atoms with Gasteiger partial charge in [-0.2, -0.15) is 0 Å². The third kappa shape index (κ3) is 6.50. The van der Waals surface area contributed by atoms with Crippen molar-refractivity contribution in [3.8, 4) is 0 Å². The van der Waals surface area contributed by atoms with Gasteiger partial charge in [0.2, 0.25) is 5.91 Å². The molecule has 0 saturated heterocycles. The van der Waals surface area contributed by atoms with E-state index in [1.807, 2.05) is 48.0 Å². The molecule has 0 spiro atoms. The number of aromatic nitrogens is 3. The first kappa shape index (κ1) is 23.7. The summed E-state index contributed by atoms with van der Waals surface area (Å²) in [7, 11) is 0. The minimum Gasteiger partial charge on any atom is -0.351 e. The third-order valence-corrected chi connectivity index (χ3v) is 6.27. The average Bonchev–Trinajstić information content (AvgIpc) is 3.49. The number of benzene rings is 1. The highest BCUT2D eigenvalue weighted by Gasteiger charge is 2.26. The molecule has 8 heteroatoms. The van der Waals surface area contributed by atoms with Gasteiger partial charge in [-0.05, 0) is 31.2 Å². The minimum absolute atomic E-state index is 0.00140. The summed E-state index contributed by atoms with van der Waals surface area (Å²) in [5, 5.41) is 3.51. The zero-order valence-electron chi connectivity index (χ0n) is 18.9. The average molecular weight is 454 g/mol. The largest absolute Gasteiger partial charge is 0.351 e. The van der Waals surface area contributed by atoms with Gasteiger partial charge in [0.15, 0.2) is 5.13 Å². The molecule has 1 aromatic carbocycles. The van der Waals surface area contributed by atoms with Crippen LogP contribution >= 0.6 is 11.3 Å². The molecular weight excluding hydrogens is 422 g/mol. The highest BCUT2D eigenvalue weighted by molar-refractivity contribution is 7.17. The molecule has 32 heavy (non-hydrogen) atoms. The van der Waals surface area contributed by atoms with Crippen molar-refractivity contribution in [2.24, 2.45) is 5.92 Å². The number of anilines is 1. The summed E-state index contributed by atoms with van der Waals surface area (Å²) in [6.45, 7) is 8.12. The van der Waals surface area contributed by atoms with Gasteiger partial charge in [0.05, 0.1) is 18.4 Å². The Morgan fingerprint density at radius 1 is 1.19 bits per heavy atom. The fourth-order valence-electron chi connectivity index (χ4n) is 3.27. The van der Waals surface area contributed by atoms with Crippen LogP contribution in [0.2, 0.25) is 0 Å². The Morgan fingerprint density at radius 3 is 2.66 bits per heavy atom. The third-order valence-electron chi connectivity index (χ3n) is 5.25. The lowest BCUT2D eigenvalue weighted by Gasteiger charge is -2.24. The lowest BCUT2D eigenvalue weighted by atomic mass is 9.99. The number of hydrogen-bond acceptors (Lipinski definition) is 5. The predicted octanol–water partition coefficient (Wildman–Crippen LogP) is 4.34. The van der Waals surface area contributed by atoms with Crippen molar-refractivity contribution < 1.29 is 9.59 Å². The van der Waals surface area contributed by atoms with Crippen LogP contribution in [-0.4, -0.2) is 39.4 Å². The van der Waals surface area contributed by atoms with Gasteiger partial charge in [-0.1, -0.05) is 55.5 Å². The first-order valence-corrected chi connectivity index (χ1v) is 11.8. The molecule has 2 amide bonds. The molecular formula is C24H31N5O2S. The maximum atomic E-state index is 13.3. The number of nitrogens with one attached hydrogen (secondary N) is 1. The zero-order valence-corrected chi connectivity index (χ0v) is 19.7. The van der Waals surface area contributed by atoms with Crippen molar-refractivity contribution in [3.63, 3.8) is 0 Å². The molecule has 0 saturated carbocycles. The highest BCUT2D eigenvalue weighted by Crippen LogP contribution is 2.27. The van der Waals surface area contributed by atoms with Crippen molar-refractivity contribution in [1.82, 2.24) is 19.9 Å². The minimum atomic E-state index is -0.285. The highest BCUT2D eigenvalue weighted by atomic mass is 32.1. The molecule has 1 unspecified atom stereocenters. The molecule has 3 rings (SSSR count). The number of aryl methyl sites for hydroxylation is 1. The Labute approximate surface area is 193 Å². The van der Waals surface area contributed by atoms with Crippen LogP contribution in [0.15, 0.2) is 55.2 Å². The van der Waals surface area contributed by atoms with Gasteiger partial charge in [0, 0.05) is 32.0 Å². The van der Waals surface area contributed by atoms with Crippen molar-refractivity contribution >= 4 is 28.3 Å². The number of carbonyl (C=O) groups is 2. The molecule has 0 fully saturated rings. The van der Waals surface area contributed by atoms with Crippen LogP contribution < -0.4 is 10.2 Å². The number of nitrogens with zero attached hydrogens (tertiary/aromatic N) is 4. The van der Waals surface area contributed by atoms with Crippen molar-refractivity contribution in [1.29, 1.82) is 0 Å². The van der Waals surface area contributed by atoms with E-state index in [0.717, 1.165) is 24.9 Å². The first-order chi connectivity index (χ1) is 15.5. The number of rotatable bonds is 11. The lowest BCUT2D eigenvalue weighted by Crippen LogP contribution is -2.35. The molecule has 0 bridgehead atoms. The Hall–Kier alpha value is -3.00. The van der Waals surface area contributed by atoms with E-state index in [4.69, 9.17) is 0 Å². The van der Waals surface area contributed by atoms with Crippen LogP contribution in [0.1, 0.15) is 54.8 Å². The monoisotopic (exact) mass is 453 g/mol. The second-order valence-corrected chi connectivity index (χ2v) is 9.23. The quantitative estimate of drug-likeness (QED) is 0.438. The fraction of sp³-hybridized carbons (Fsp3) is 0.417. The predicted molar refractivity (Wildman–Crippen MR) is 128 cm³/mol. The number of thiazole rings is 1. The molecule has 170 valence electrons. The van der Waals surface area contributed by atoms with E-state index in [1.165, 1.54) is 11.3 Å². The standard InChI is InChI=1S/C24H31N5O2S/c1-18(2)10-14-29(23(31)19(3)20-8-5-4-6-9-20)24-27-16-21(32-24)22(30)26-11-7-13-28-15-12-25-17-28/h4-6,8-9,12,15-19H,7,10-11,13-14H2,1-3H3,(H,26,30). The summed E-state index contributed by atoms with van der Waals surface area (Å²) >= 11 is 1.26. The SMILES string of the molecule is CC(C)CCN(C(=O)C(C)c1ccccc1)c1ncc(C(=O)NCCCn2ccnc2)s1. The maximum Gasteiger partial charge on any atom is 0.263 e. The summed E-state index contributed by atoms with van der Waals surface area (Å²) in [5.74, 6) is 0.00788. The van der Waals surface area contributed by atoms with Gasteiger partial charge in [-0.15, -0.1) is 0 Å². The number of imidazole rings is 1. The van der Waals surface area contributed by atoms with Gasteiger partial charge < -0.3 is 9.88 Å². The Kier molecular flexibility index (Phi) is 8.56. The van der Waals surface area contributed by atoms with Crippen LogP contribution in [0.25, 0.3) is 0 Å². The van der Waals surface area contributed by atoms with Crippen LogP contribution in [0.5, 0.6) is 0 Å². The second kappa shape index (κ2) is 11.6. The summed E-state index contributed by atoms with van der Waals surface area (Å²) in [6.07, 6.45) is 8.63. The maximum absolute atomic E-state index is 13.3. The van der Waals surface area contributed by atoms with Crippen molar-refractivity contribution in [2.75, 3.05) is 18.0 Å². The number of hydrogen-bond donors (Lipinski definition) is 1. The van der Waals surface area contributed by atoms with Gasteiger partial charge in [0.25, 0.3) is 5.91 Å². The lowest BCUT2D eigenvalue weighted by molar-refractivity contribution is -0.119. The van der Waals surface area contributed by atoms with E-state index in [2.05, 4.69) is 29.1 Å². The Balaban J connectivity index is 1.64. The van der Waals surface area contributed by atoms with E-state index >= 15 is 0 Å². The molecule has 1 N–H and O–H groups in total. The molecule has 0 aliphatic rings. The van der Waals surface area contributed by atoms with E-state index in [9.17, 15) is 9.59 Å². The fourth-order valence-corrected chi connectivity index (χ4v) is 4.13. The van der Waals surface area contributed by atoms with E-state index in [0.29, 0.717) is 29.0 Å². The summed E-state index contributed by atoms with van der Waals surface area (Å²) in [4.78, 5) is 36.6. The van der Waals surface area contributed by atoms with Crippen molar-refractivity contribution in [3.05, 3.63) is 65.7 Å². The Bertz CT molecular complexity index is 985. The van der Waals surface area contributed by atoms with Gasteiger partial charge in [0.1, 0.15) is 4.88 Å². The normalized spacial score (nSPS) is 12.0. The molecule has 0 aliphatic heterocycles. The van der Waals surface area contributed by atoms with E-state index in [-0.39, 0.29) is 17.7 Å². The van der Waals surface area contributed by atoms with Crippen LogP contribution in [0, 0.1) is 5.92 Å². The summed E-state index contributed by atoms with van der Waals surface area (Å²) < 4.78 is 1.98. The van der Waals surface area contributed by atoms with Crippen LogP contribution in [0.4, 0.5) is 5.13 Å². The van der Waals surface area contributed by atoms with E-state index in [1.54, 1.807) is 23.6 Å². The van der Waals surface area contributed by atoms with Gasteiger partial charge in [-0.25, -0.2) is 9.97 Å².